The van der Waals surface area contributed by atoms with Crippen LogP contribution in [0.1, 0.15) is 19.4 Å². The molecule has 0 amide bonds. The highest BCUT2D eigenvalue weighted by molar-refractivity contribution is 5.85. The quantitative estimate of drug-likeness (QED) is 0.879. The summed E-state index contributed by atoms with van der Waals surface area (Å²) in [6.45, 7) is 11.8. The maximum Gasteiger partial charge on any atom is 0.225 e. The molecule has 0 aliphatic carbocycles. The first kappa shape index (κ1) is 18.4. The number of anilines is 1. The summed E-state index contributed by atoms with van der Waals surface area (Å²) in [5.74, 6) is 0.874. The summed E-state index contributed by atoms with van der Waals surface area (Å²) in [5.41, 5.74) is 1.21. The molecule has 1 N–H and O–H groups in total. The van der Waals surface area contributed by atoms with Gasteiger partial charge in [0, 0.05) is 75.9 Å². The SMILES string of the molecule is CC1CN(Cc2cnc(N3CCN(C)CC3)nc2)C(C)CN1.Cl. The summed E-state index contributed by atoms with van der Waals surface area (Å²) in [4.78, 5) is 16.3. The molecule has 1 aromatic heterocycles. The molecule has 2 aliphatic rings. The van der Waals surface area contributed by atoms with Crippen molar-refractivity contribution < 1.29 is 0 Å². The predicted octanol–water partition coefficient (Wildman–Crippen LogP) is 0.832. The van der Waals surface area contributed by atoms with Crippen LogP contribution in [0, 0.1) is 0 Å². The number of nitrogens with one attached hydrogen (secondary N) is 1. The van der Waals surface area contributed by atoms with Crippen LogP contribution in [0.25, 0.3) is 0 Å². The second-order valence-electron chi connectivity index (χ2n) is 6.77. The third-order valence-corrected chi connectivity index (χ3v) is 4.76. The molecule has 0 bridgehead atoms. The number of halogens is 1. The lowest BCUT2D eigenvalue weighted by molar-refractivity contribution is 0.138. The molecule has 0 radical (unpaired) electrons. The van der Waals surface area contributed by atoms with Crippen molar-refractivity contribution in [3.05, 3.63) is 18.0 Å². The minimum Gasteiger partial charge on any atom is -0.338 e. The predicted molar refractivity (Wildman–Crippen MR) is 96.3 cm³/mol. The Hall–Kier alpha value is -0.950. The number of hydrogen-bond donors (Lipinski definition) is 1. The van der Waals surface area contributed by atoms with Crippen LogP contribution in [0.5, 0.6) is 0 Å². The molecule has 2 aliphatic heterocycles. The van der Waals surface area contributed by atoms with E-state index in [2.05, 4.69) is 50.9 Å². The van der Waals surface area contributed by atoms with Crippen molar-refractivity contribution in [2.75, 3.05) is 51.2 Å². The molecule has 6 nitrogen and oxygen atoms in total. The average Bonchev–Trinajstić information content (AvgIpc) is 2.53. The minimum absolute atomic E-state index is 0. The molecule has 3 rings (SSSR count). The molecule has 2 unspecified atom stereocenters. The van der Waals surface area contributed by atoms with E-state index in [1.165, 1.54) is 5.56 Å². The number of likely N-dealkylation sites (N-methyl/N-ethyl adjacent to an activating group) is 1. The van der Waals surface area contributed by atoms with Crippen LogP contribution in [0.4, 0.5) is 5.95 Å². The largest absolute Gasteiger partial charge is 0.338 e. The van der Waals surface area contributed by atoms with Crippen molar-refractivity contribution in [2.24, 2.45) is 0 Å². The first-order valence-corrected chi connectivity index (χ1v) is 8.33. The van der Waals surface area contributed by atoms with E-state index in [9.17, 15) is 0 Å². The Labute approximate surface area is 145 Å². The van der Waals surface area contributed by atoms with Crippen LogP contribution >= 0.6 is 12.4 Å². The van der Waals surface area contributed by atoms with E-state index in [4.69, 9.17) is 0 Å². The summed E-state index contributed by atoms with van der Waals surface area (Å²) in [6, 6.07) is 1.12. The summed E-state index contributed by atoms with van der Waals surface area (Å²) in [6.07, 6.45) is 4.00. The molecule has 23 heavy (non-hydrogen) atoms. The standard InChI is InChI=1S/C16H28N6.ClH/c1-13-11-22(14(2)8-17-13)12-15-9-18-16(19-10-15)21-6-4-20(3)5-7-21;/h9-10,13-14,17H,4-8,11-12H2,1-3H3;1H. The number of hydrogen-bond acceptors (Lipinski definition) is 6. The van der Waals surface area contributed by atoms with Crippen LogP contribution in [0.3, 0.4) is 0 Å². The third kappa shape index (κ3) is 4.76. The van der Waals surface area contributed by atoms with Crippen molar-refractivity contribution in [3.8, 4) is 0 Å². The summed E-state index contributed by atoms with van der Waals surface area (Å²) in [7, 11) is 2.16. The van der Waals surface area contributed by atoms with Gasteiger partial charge in [0.05, 0.1) is 0 Å². The van der Waals surface area contributed by atoms with E-state index in [1.807, 2.05) is 12.4 Å². The molecule has 2 saturated heterocycles. The van der Waals surface area contributed by atoms with Gasteiger partial charge in [-0.25, -0.2) is 9.97 Å². The zero-order chi connectivity index (χ0) is 15.5. The lowest BCUT2D eigenvalue weighted by Gasteiger charge is -2.37. The number of aromatic nitrogens is 2. The van der Waals surface area contributed by atoms with Crippen molar-refractivity contribution in [1.29, 1.82) is 0 Å². The van der Waals surface area contributed by atoms with Crippen LogP contribution in [-0.2, 0) is 6.54 Å². The smallest absolute Gasteiger partial charge is 0.225 e. The van der Waals surface area contributed by atoms with Gasteiger partial charge in [-0.2, -0.15) is 0 Å². The fourth-order valence-corrected chi connectivity index (χ4v) is 3.15. The topological polar surface area (TPSA) is 47.5 Å². The summed E-state index contributed by atoms with van der Waals surface area (Å²) in [5, 5.41) is 3.52. The molecular formula is C16H29ClN6. The minimum atomic E-state index is 0. The number of rotatable bonds is 3. The molecule has 2 fully saturated rings. The number of nitrogens with zero attached hydrogens (tertiary/aromatic N) is 5. The van der Waals surface area contributed by atoms with Gasteiger partial charge in [0.2, 0.25) is 5.95 Å². The lowest BCUT2D eigenvalue weighted by Crippen LogP contribution is -2.53. The third-order valence-electron chi connectivity index (χ3n) is 4.76. The molecule has 0 saturated carbocycles. The first-order valence-electron chi connectivity index (χ1n) is 8.33. The van der Waals surface area contributed by atoms with Gasteiger partial charge < -0.3 is 15.1 Å². The van der Waals surface area contributed by atoms with Gasteiger partial charge in [-0.3, -0.25) is 4.90 Å². The Kier molecular flexibility index (Phi) is 6.59. The molecule has 7 heteroatoms. The second-order valence-corrected chi connectivity index (χ2v) is 6.77. The highest BCUT2D eigenvalue weighted by atomic mass is 35.5. The van der Waals surface area contributed by atoms with Gasteiger partial charge in [0.25, 0.3) is 0 Å². The average molecular weight is 341 g/mol. The first-order chi connectivity index (χ1) is 10.6. The van der Waals surface area contributed by atoms with Crippen molar-refractivity contribution in [1.82, 2.24) is 25.1 Å². The molecule has 3 heterocycles. The molecule has 2 atom stereocenters. The van der Waals surface area contributed by atoms with E-state index in [0.717, 1.165) is 51.8 Å². The van der Waals surface area contributed by atoms with E-state index in [1.54, 1.807) is 0 Å². The maximum atomic E-state index is 4.59. The highest BCUT2D eigenvalue weighted by Crippen LogP contribution is 2.14. The van der Waals surface area contributed by atoms with Crippen LogP contribution in [0.2, 0.25) is 0 Å². The van der Waals surface area contributed by atoms with E-state index < -0.39 is 0 Å². The van der Waals surface area contributed by atoms with Crippen molar-refractivity contribution >= 4 is 18.4 Å². The van der Waals surface area contributed by atoms with Gasteiger partial charge in [0.1, 0.15) is 0 Å². The Morgan fingerprint density at radius 3 is 2.43 bits per heavy atom. The maximum absolute atomic E-state index is 4.59. The van der Waals surface area contributed by atoms with Gasteiger partial charge in [-0.15, -0.1) is 12.4 Å². The molecular weight excluding hydrogens is 312 g/mol. The van der Waals surface area contributed by atoms with Crippen molar-refractivity contribution in [2.45, 2.75) is 32.5 Å². The normalized spacial score (nSPS) is 26.8. The Balaban J connectivity index is 0.00000192. The van der Waals surface area contributed by atoms with Gasteiger partial charge >= 0.3 is 0 Å². The Morgan fingerprint density at radius 2 is 1.78 bits per heavy atom. The van der Waals surface area contributed by atoms with Crippen LogP contribution in [0.15, 0.2) is 12.4 Å². The monoisotopic (exact) mass is 340 g/mol. The summed E-state index contributed by atoms with van der Waals surface area (Å²) < 4.78 is 0. The van der Waals surface area contributed by atoms with Gasteiger partial charge in [-0.05, 0) is 20.9 Å². The molecule has 0 spiro atoms. The Morgan fingerprint density at radius 1 is 1.13 bits per heavy atom. The Bertz CT molecular complexity index is 474. The zero-order valence-corrected chi connectivity index (χ0v) is 15.2. The molecule has 130 valence electrons. The van der Waals surface area contributed by atoms with Crippen LogP contribution in [-0.4, -0.2) is 78.2 Å². The van der Waals surface area contributed by atoms with E-state index in [0.29, 0.717) is 12.1 Å². The van der Waals surface area contributed by atoms with Gasteiger partial charge in [-0.1, -0.05) is 0 Å². The highest BCUT2D eigenvalue weighted by Gasteiger charge is 2.22. The fraction of sp³-hybridized carbons (Fsp3) is 0.750. The second kappa shape index (κ2) is 8.24. The van der Waals surface area contributed by atoms with E-state index >= 15 is 0 Å². The van der Waals surface area contributed by atoms with E-state index in [-0.39, 0.29) is 12.4 Å². The van der Waals surface area contributed by atoms with Crippen LogP contribution < -0.4 is 10.2 Å². The lowest BCUT2D eigenvalue weighted by atomic mass is 10.1. The zero-order valence-electron chi connectivity index (χ0n) is 14.4. The molecule has 1 aromatic rings. The van der Waals surface area contributed by atoms with Crippen molar-refractivity contribution in [3.63, 3.8) is 0 Å². The number of piperazine rings is 2. The molecule has 0 aromatic carbocycles. The fourth-order valence-electron chi connectivity index (χ4n) is 3.15. The van der Waals surface area contributed by atoms with Gasteiger partial charge in [0.15, 0.2) is 0 Å². The summed E-state index contributed by atoms with van der Waals surface area (Å²) >= 11 is 0.